The summed E-state index contributed by atoms with van der Waals surface area (Å²) in [6.45, 7) is 3.53. The fourth-order valence-electron chi connectivity index (χ4n) is 2.41. The smallest absolute Gasteiger partial charge is 0.123 e. The van der Waals surface area contributed by atoms with Gasteiger partial charge in [-0.05, 0) is 37.5 Å². The summed E-state index contributed by atoms with van der Waals surface area (Å²) in [7, 11) is 3.36. The van der Waals surface area contributed by atoms with E-state index in [1.54, 1.807) is 14.2 Å². The highest BCUT2D eigenvalue weighted by molar-refractivity contribution is 5.40. The Kier molecular flexibility index (Phi) is 5.26. The van der Waals surface area contributed by atoms with Crippen molar-refractivity contribution in [2.45, 2.75) is 44.9 Å². The van der Waals surface area contributed by atoms with Crippen molar-refractivity contribution in [3.8, 4) is 11.5 Å². The molecule has 0 bridgehead atoms. The van der Waals surface area contributed by atoms with Gasteiger partial charge in [-0.3, -0.25) is 4.90 Å². The van der Waals surface area contributed by atoms with E-state index in [1.807, 2.05) is 25.1 Å². The van der Waals surface area contributed by atoms with Gasteiger partial charge in [0.15, 0.2) is 0 Å². The number of methoxy groups -OCH3 is 2. The molecular formula is C16H25NO3. The topological polar surface area (TPSA) is 41.9 Å². The molecule has 4 heteroatoms. The van der Waals surface area contributed by atoms with Gasteiger partial charge in [0.25, 0.3) is 0 Å². The maximum absolute atomic E-state index is 9.91. The summed E-state index contributed by atoms with van der Waals surface area (Å²) in [6, 6.07) is 6.47. The van der Waals surface area contributed by atoms with Gasteiger partial charge in [0, 0.05) is 24.7 Å². The number of rotatable bonds is 8. The SMILES string of the molecule is CC[C@@H](O)CN(Cc1cc(OC)ccc1OC)C1CC1. The summed E-state index contributed by atoms with van der Waals surface area (Å²) < 4.78 is 10.7. The summed E-state index contributed by atoms with van der Waals surface area (Å²) in [6.07, 6.45) is 2.98. The van der Waals surface area contributed by atoms with Crippen LogP contribution in [0.3, 0.4) is 0 Å². The molecule has 112 valence electrons. The molecule has 0 radical (unpaired) electrons. The van der Waals surface area contributed by atoms with Crippen LogP contribution in [0.25, 0.3) is 0 Å². The zero-order chi connectivity index (χ0) is 14.5. The van der Waals surface area contributed by atoms with Crippen molar-refractivity contribution in [3.05, 3.63) is 23.8 Å². The van der Waals surface area contributed by atoms with Crippen molar-refractivity contribution in [1.82, 2.24) is 4.90 Å². The third kappa shape index (κ3) is 3.87. The van der Waals surface area contributed by atoms with Crippen LogP contribution in [0.1, 0.15) is 31.7 Å². The minimum atomic E-state index is -0.257. The molecule has 1 aromatic carbocycles. The molecule has 1 aromatic rings. The molecule has 1 N–H and O–H groups in total. The monoisotopic (exact) mass is 279 g/mol. The van der Waals surface area contributed by atoms with Crippen molar-refractivity contribution < 1.29 is 14.6 Å². The summed E-state index contributed by atoms with van der Waals surface area (Å²) >= 11 is 0. The number of hydrogen-bond donors (Lipinski definition) is 1. The van der Waals surface area contributed by atoms with Gasteiger partial charge in [0.2, 0.25) is 0 Å². The first-order valence-corrected chi connectivity index (χ1v) is 7.31. The molecule has 1 fully saturated rings. The van der Waals surface area contributed by atoms with Crippen LogP contribution in [0.4, 0.5) is 0 Å². The van der Waals surface area contributed by atoms with Crippen LogP contribution in [-0.4, -0.2) is 42.9 Å². The van der Waals surface area contributed by atoms with E-state index in [2.05, 4.69) is 4.90 Å². The van der Waals surface area contributed by atoms with Crippen molar-refractivity contribution >= 4 is 0 Å². The lowest BCUT2D eigenvalue weighted by atomic mass is 10.1. The highest BCUT2D eigenvalue weighted by Gasteiger charge is 2.30. The second kappa shape index (κ2) is 6.95. The van der Waals surface area contributed by atoms with Crippen LogP contribution < -0.4 is 9.47 Å². The van der Waals surface area contributed by atoms with E-state index in [0.717, 1.165) is 36.6 Å². The molecule has 0 saturated heterocycles. The summed E-state index contributed by atoms with van der Waals surface area (Å²) in [5.74, 6) is 1.72. The Morgan fingerprint density at radius 2 is 2.05 bits per heavy atom. The predicted octanol–water partition coefficient (Wildman–Crippen LogP) is 2.44. The average Bonchev–Trinajstić information content (AvgIpc) is 3.30. The first-order chi connectivity index (χ1) is 9.67. The molecule has 0 unspecified atom stereocenters. The fraction of sp³-hybridized carbons (Fsp3) is 0.625. The normalized spacial score (nSPS) is 16.2. The van der Waals surface area contributed by atoms with Gasteiger partial charge in [-0.1, -0.05) is 6.92 Å². The Labute approximate surface area is 121 Å². The average molecular weight is 279 g/mol. The van der Waals surface area contributed by atoms with Crippen LogP contribution in [-0.2, 0) is 6.54 Å². The zero-order valence-corrected chi connectivity index (χ0v) is 12.6. The predicted molar refractivity (Wildman–Crippen MR) is 79.3 cm³/mol. The summed E-state index contributed by atoms with van der Waals surface area (Å²) in [4.78, 5) is 2.35. The van der Waals surface area contributed by atoms with Gasteiger partial charge >= 0.3 is 0 Å². The molecule has 0 spiro atoms. The van der Waals surface area contributed by atoms with E-state index in [9.17, 15) is 5.11 Å². The minimum absolute atomic E-state index is 0.257. The molecule has 4 nitrogen and oxygen atoms in total. The second-order valence-electron chi connectivity index (χ2n) is 5.40. The number of ether oxygens (including phenoxy) is 2. The van der Waals surface area contributed by atoms with E-state index in [-0.39, 0.29) is 6.10 Å². The van der Waals surface area contributed by atoms with Gasteiger partial charge in [-0.15, -0.1) is 0 Å². The highest BCUT2D eigenvalue weighted by atomic mass is 16.5. The van der Waals surface area contributed by atoms with Gasteiger partial charge in [0.05, 0.1) is 20.3 Å². The molecule has 1 saturated carbocycles. The maximum atomic E-state index is 9.91. The van der Waals surface area contributed by atoms with Gasteiger partial charge < -0.3 is 14.6 Å². The number of aliphatic hydroxyl groups is 1. The summed E-state index contributed by atoms with van der Waals surface area (Å²) in [5, 5.41) is 9.91. The van der Waals surface area contributed by atoms with E-state index in [0.29, 0.717) is 6.04 Å². The Balaban J connectivity index is 2.12. The molecule has 0 heterocycles. The Morgan fingerprint density at radius 3 is 2.60 bits per heavy atom. The number of hydrogen-bond acceptors (Lipinski definition) is 4. The van der Waals surface area contributed by atoms with E-state index >= 15 is 0 Å². The van der Waals surface area contributed by atoms with Crippen LogP contribution in [0.15, 0.2) is 18.2 Å². The Morgan fingerprint density at radius 1 is 1.30 bits per heavy atom. The highest BCUT2D eigenvalue weighted by Crippen LogP contribution is 2.32. The molecule has 2 rings (SSSR count). The molecule has 0 amide bonds. The largest absolute Gasteiger partial charge is 0.497 e. The molecule has 0 aromatic heterocycles. The zero-order valence-electron chi connectivity index (χ0n) is 12.6. The lowest BCUT2D eigenvalue weighted by Crippen LogP contribution is -2.33. The van der Waals surface area contributed by atoms with Crippen molar-refractivity contribution in [1.29, 1.82) is 0 Å². The van der Waals surface area contributed by atoms with Gasteiger partial charge in [0.1, 0.15) is 11.5 Å². The fourth-order valence-corrected chi connectivity index (χ4v) is 2.41. The van der Waals surface area contributed by atoms with Crippen molar-refractivity contribution in [2.75, 3.05) is 20.8 Å². The van der Waals surface area contributed by atoms with Crippen molar-refractivity contribution in [3.63, 3.8) is 0 Å². The first kappa shape index (κ1) is 15.1. The molecule has 20 heavy (non-hydrogen) atoms. The minimum Gasteiger partial charge on any atom is -0.497 e. The Hall–Kier alpha value is -1.26. The van der Waals surface area contributed by atoms with E-state index in [1.165, 1.54) is 12.8 Å². The van der Waals surface area contributed by atoms with E-state index < -0.39 is 0 Å². The second-order valence-corrected chi connectivity index (χ2v) is 5.40. The number of benzene rings is 1. The first-order valence-electron chi connectivity index (χ1n) is 7.31. The quantitative estimate of drug-likeness (QED) is 0.793. The number of nitrogens with zero attached hydrogens (tertiary/aromatic N) is 1. The maximum Gasteiger partial charge on any atom is 0.123 e. The van der Waals surface area contributed by atoms with Gasteiger partial charge in [-0.2, -0.15) is 0 Å². The van der Waals surface area contributed by atoms with Crippen LogP contribution >= 0.6 is 0 Å². The molecular weight excluding hydrogens is 254 g/mol. The number of aliphatic hydroxyl groups excluding tert-OH is 1. The molecule has 1 atom stereocenters. The third-order valence-electron chi connectivity index (χ3n) is 3.84. The molecule has 0 aliphatic heterocycles. The molecule has 1 aliphatic rings. The summed E-state index contributed by atoms with van der Waals surface area (Å²) in [5.41, 5.74) is 1.11. The van der Waals surface area contributed by atoms with Crippen molar-refractivity contribution in [2.24, 2.45) is 0 Å². The van der Waals surface area contributed by atoms with Crippen LogP contribution in [0.5, 0.6) is 11.5 Å². The van der Waals surface area contributed by atoms with Crippen LogP contribution in [0.2, 0.25) is 0 Å². The lowest BCUT2D eigenvalue weighted by molar-refractivity contribution is 0.100. The van der Waals surface area contributed by atoms with Gasteiger partial charge in [-0.25, -0.2) is 0 Å². The third-order valence-corrected chi connectivity index (χ3v) is 3.84. The Bertz CT molecular complexity index is 432. The van der Waals surface area contributed by atoms with Crippen LogP contribution in [0, 0.1) is 0 Å². The lowest BCUT2D eigenvalue weighted by Gasteiger charge is -2.25. The van der Waals surface area contributed by atoms with E-state index in [4.69, 9.17) is 9.47 Å². The standard InChI is InChI=1S/C16H25NO3/c1-4-14(18)11-17(13-5-6-13)10-12-9-15(19-2)7-8-16(12)20-3/h7-9,13-14,18H,4-6,10-11H2,1-3H3/t14-/m1/s1. The molecule has 1 aliphatic carbocycles.